The largest absolute Gasteiger partial charge is 0.490 e. The number of thiophene rings is 4. The molecule has 4 aromatic heterocycles. The predicted molar refractivity (Wildman–Crippen MR) is 570 cm³/mol. The molecule has 0 saturated carbocycles. The van der Waals surface area contributed by atoms with Gasteiger partial charge in [-0.05, 0) is 164 Å². The van der Waals surface area contributed by atoms with Crippen molar-refractivity contribution in [2.45, 2.75) is 480 Å². The van der Waals surface area contributed by atoms with Crippen LogP contribution in [0.4, 0.5) is 9.59 Å². The van der Waals surface area contributed by atoms with Crippen molar-refractivity contribution in [3.8, 4) is 74.9 Å². The van der Waals surface area contributed by atoms with E-state index in [0.717, 1.165) is 127 Å². The van der Waals surface area contributed by atoms with Gasteiger partial charge in [-0.15, -0.1) is 45.3 Å². The number of amides is 4. The lowest BCUT2D eigenvalue weighted by Crippen LogP contribution is -2.40. The van der Waals surface area contributed by atoms with Gasteiger partial charge in [0.25, 0.3) is 11.8 Å². The van der Waals surface area contributed by atoms with Gasteiger partial charge in [0.2, 0.25) is 11.5 Å². The molecule has 0 atom stereocenters. The number of unbranched alkanes of at least 4 members (excludes halogenated alkanes) is 54. The summed E-state index contributed by atoms with van der Waals surface area (Å²) in [5, 5.41) is 0. The topological polar surface area (TPSA) is 149 Å². The second kappa shape index (κ2) is 66.1. The van der Waals surface area contributed by atoms with Crippen molar-refractivity contribution >= 4 is 80.7 Å². The van der Waals surface area contributed by atoms with E-state index in [9.17, 15) is 0 Å². The number of fused-ring (bicyclic) bond motifs is 1. The molecule has 2 aliphatic rings. The molecular weight excluding hydrogens is 1740 g/mol. The Labute approximate surface area is 829 Å². The Balaban J connectivity index is 1.12. The number of hydrogen-bond donors (Lipinski definition) is 0. The lowest BCUT2D eigenvalue weighted by atomic mass is 10.1. The van der Waals surface area contributed by atoms with Crippen LogP contribution in [0.1, 0.15) is 478 Å². The van der Waals surface area contributed by atoms with Crippen LogP contribution in [0.5, 0.6) is 34.5 Å². The molecule has 18 heteroatoms. The van der Waals surface area contributed by atoms with E-state index in [1.54, 1.807) is 64.2 Å². The summed E-state index contributed by atoms with van der Waals surface area (Å²) < 4.78 is 53.5. The third-order valence-corrected chi connectivity index (χ3v) is 30.5. The van der Waals surface area contributed by atoms with Crippen molar-refractivity contribution in [1.29, 1.82) is 0 Å². The minimum Gasteiger partial charge on any atom is -0.490 e. The minimum atomic E-state index is -1.03. The van der Waals surface area contributed by atoms with Crippen LogP contribution in [-0.4, -0.2) is 84.6 Å². The number of carbonyl (C=O) groups is 4. The van der Waals surface area contributed by atoms with Crippen molar-refractivity contribution in [2.24, 2.45) is 0 Å². The molecule has 0 aliphatic carbocycles. The molecule has 0 spiro atoms. The second-order valence-electron chi connectivity index (χ2n) is 40.1. The first-order valence-corrected chi connectivity index (χ1v) is 57.8. The molecule has 0 radical (unpaired) electrons. The summed E-state index contributed by atoms with van der Waals surface area (Å²) in [7, 11) is 0. The molecule has 0 fully saturated rings. The van der Waals surface area contributed by atoms with E-state index in [1.807, 2.05) is 24.3 Å². The van der Waals surface area contributed by atoms with Gasteiger partial charge in [0, 0.05) is 29.3 Å². The number of imide groups is 2. The fourth-order valence-corrected chi connectivity index (χ4v) is 22.2. The van der Waals surface area contributed by atoms with Crippen LogP contribution in [0.3, 0.4) is 0 Å². The highest BCUT2D eigenvalue weighted by molar-refractivity contribution is 7.25. The molecular formula is C116H180N2O12S4. The third kappa shape index (κ3) is 41.1. The summed E-state index contributed by atoms with van der Waals surface area (Å²) in [4.78, 5) is 70.3. The van der Waals surface area contributed by atoms with Gasteiger partial charge in [0.15, 0.2) is 23.0 Å². The van der Waals surface area contributed by atoms with E-state index in [2.05, 4.69) is 90.1 Å². The van der Waals surface area contributed by atoms with E-state index in [0.29, 0.717) is 83.9 Å². The predicted octanol–water partition coefficient (Wildman–Crippen LogP) is 38.1. The third-order valence-electron chi connectivity index (χ3n) is 25.7. The Morgan fingerprint density at radius 2 is 0.410 bits per heavy atom. The van der Waals surface area contributed by atoms with Gasteiger partial charge in [-0.1, -0.05) is 388 Å². The number of benzene rings is 2. The zero-order chi connectivity index (χ0) is 95.7. The number of carbonyl (C=O) groups excluding carboxylic acids is 4. The van der Waals surface area contributed by atoms with Gasteiger partial charge in [-0.25, -0.2) is 19.4 Å². The van der Waals surface area contributed by atoms with Crippen molar-refractivity contribution in [3.63, 3.8) is 0 Å². The van der Waals surface area contributed by atoms with Crippen molar-refractivity contribution in [2.75, 3.05) is 39.6 Å². The fraction of sp³-hybridized carbons (Fsp3) is 0.690. The molecule has 6 aromatic rings. The molecule has 0 N–H and O–H groups in total. The van der Waals surface area contributed by atoms with E-state index >= 15 is 19.2 Å². The molecule has 2 aromatic carbocycles. The number of nitrogens with zero attached hydrogens (tertiary/aromatic N) is 2. The Bertz CT molecular complexity index is 3950. The normalized spacial score (nSPS) is 13.0. The van der Waals surface area contributed by atoms with Gasteiger partial charge < -0.3 is 37.9 Å². The fourth-order valence-electron chi connectivity index (χ4n) is 17.9. The van der Waals surface area contributed by atoms with Gasteiger partial charge in [-0.2, -0.15) is 0 Å². The van der Waals surface area contributed by atoms with Crippen molar-refractivity contribution < 1.29 is 57.1 Å². The van der Waals surface area contributed by atoms with Gasteiger partial charge in [0.1, 0.15) is 11.2 Å². The summed E-state index contributed by atoms with van der Waals surface area (Å²) >= 11 is 5.98. The van der Waals surface area contributed by atoms with Crippen LogP contribution in [0.25, 0.3) is 51.8 Å². The summed E-state index contributed by atoms with van der Waals surface area (Å²) in [6.07, 6.45) is 72.3. The van der Waals surface area contributed by atoms with Crippen LogP contribution in [0, 0.1) is 0 Å². The van der Waals surface area contributed by atoms with E-state index < -0.39 is 35.2 Å². The van der Waals surface area contributed by atoms with Crippen LogP contribution >= 0.6 is 45.3 Å². The molecule has 2 aliphatic heterocycles. The first kappa shape index (κ1) is 113. The summed E-state index contributed by atoms with van der Waals surface area (Å²) in [6, 6.07) is 24.7. The van der Waals surface area contributed by atoms with Crippen LogP contribution in [-0.2, 0) is 19.1 Å². The molecule has 4 amide bonds. The summed E-state index contributed by atoms with van der Waals surface area (Å²) in [6.45, 7) is 27.6. The Hall–Kier alpha value is -6.60. The van der Waals surface area contributed by atoms with Crippen LogP contribution in [0.2, 0.25) is 0 Å². The first-order chi connectivity index (χ1) is 65.3. The maximum Gasteiger partial charge on any atom is 0.422 e. The molecule has 0 saturated heterocycles. The molecule has 750 valence electrons. The molecule has 0 bridgehead atoms. The first-order valence-electron chi connectivity index (χ1n) is 54.5. The van der Waals surface area contributed by atoms with Crippen LogP contribution < -0.4 is 28.4 Å². The molecule has 0 unspecified atom stereocenters. The van der Waals surface area contributed by atoms with Gasteiger partial charge in [-0.3, -0.25) is 9.59 Å². The van der Waals surface area contributed by atoms with Crippen molar-refractivity contribution in [1.82, 2.24) is 9.80 Å². The second-order valence-corrected chi connectivity index (χ2v) is 44.5. The number of rotatable bonds is 78. The standard InChI is InChI=1S/C116H180N2O12S4/c1-13-19-25-31-37-43-49-55-61-67-81-123-93-87-91(88-94(124-82-68-62-56-50-44-38-32-26-20-14-2)109(93)127-85-71-65-59-53-47-41-35-29-23-17-5)97-73-75-99(131-97)101-77-79-103(133-101)107-105-106(112(120)117(107)113(121)129-115(7,8)9)108(118(111(105)119)114(122)130-116(10,11)12)104-80-78-102(134-104)100-76-74-98(132-100)92-89-95(125-83-69-63-57-51-45-39-33-27-21-15-3)110(128-86-72-66-60-54-48-42-36-30-24-18-6)96(90-92)126-84-70-64-58-52-46-40-34-28-22-16-4/h73-80,87-90H,13-72,81-86H2,1-12H3. The molecule has 8 rings (SSSR count). The number of hydrogen-bond acceptors (Lipinski definition) is 16. The average Bonchev–Trinajstić information content (AvgIpc) is 1.54. The highest BCUT2D eigenvalue weighted by atomic mass is 32.1. The van der Waals surface area contributed by atoms with Gasteiger partial charge >= 0.3 is 12.2 Å². The van der Waals surface area contributed by atoms with Crippen molar-refractivity contribution in [3.05, 3.63) is 93.7 Å². The van der Waals surface area contributed by atoms with E-state index in [-0.39, 0.29) is 22.5 Å². The highest BCUT2D eigenvalue weighted by Crippen LogP contribution is 2.54. The Morgan fingerprint density at radius 3 is 0.612 bits per heavy atom. The summed E-state index contributed by atoms with van der Waals surface area (Å²) in [5.74, 6) is 2.60. The zero-order valence-corrected chi connectivity index (χ0v) is 89.3. The van der Waals surface area contributed by atoms with Gasteiger partial charge in [0.05, 0.1) is 71.9 Å². The quantitative estimate of drug-likeness (QED) is 0.0335. The Kier molecular flexibility index (Phi) is 55.6. The highest BCUT2D eigenvalue weighted by Gasteiger charge is 2.55. The lowest BCUT2D eigenvalue weighted by Gasteiger charge is -2.27. The molecule has 6 heterocycles. The SMILES string of the molecule is CCCCCCCCCCCCOc1cc(-c2ccc(-c3ccc(C4=C5C(=O)N(C(=O)OC(C)(C)C)C(c6ccc(-c7ccc(-c8cc(OCCCCCCCCCCCC)c(OCCCCCCCCCCCC)c(OCCCCCCCCCCCC)c8)s7)s6)=C5C(=O)N4C(=O)OC(C)(C)C)s3)s2)cc(OCCCCCCCCCCCC)c1OCCCCCCCCCCCC. The lowest BCUT2D eigenvalue weighted by molar-refractivity contribution is -0.123. The number of ether oxygens (including phenoxy) is 8. The zero-order valence-electron chi connectivity index (χ0n) is 86.0. The molecule has 134 heavy (non-hydrogen) atoms. The minimum absolute atomic E-state index is 0.0521. The monoisotopic (exact) mass is 1920 g/mol. The summed E-state index contributed by atoms with van der Waals surface area (Å²) in [5.41, 5.74) is -0.193. The van der Waals surface area contributed by atoms with Crippen LogP contribution in [0.15, 0.2) is 83.9 Å². The smallest absolute Gasteiger partial charge is 0.422 e. The van der Waals surface area contributed by atoms with E-state index in [1.165, 1.54) is 331 Å². The average molecular weight is 1920 g/mol. The van der Waals surface area contributed by atoms with E-state index in [4.69, 9.17) is 37.9 Å². The maximum atomic E-state index is 15.9. The molecule has 14 nitrogen and oxygen atoms in total. The Morgan fingerprint density at radius 1 is 0.239 bits per heavy atom. The maximum absolute atomic E-state index is 15.9.